The Morgan fingerprint density at radius 3 is 2.05 bits per heavy atom. The van der Waals surface area contributed by atoms with Gasteiger partial charge in [0.15, 0.2) is 0 Å². The summed E-state index contributed by atoms with van der Waals surface area (Å²) in [5.41, 5.74) is 0. The van der Waals surface area contributed by atoms with E-state index in [2.05, 4.69) is 11.8 Å². The van der Waals surface area contributed by atoms with Gasteiger partial charge in [0, 0.05) is 45.7 Å². The Hall–Kier alpha value is -1.14. The molecule has 2 rings (SSSR count). The molecule has 2 aliphatic rings. The lowest BCUT2D eigenvalue weighted by Gasteiger charge is -2.36. The lowest BCUT2D eigenvalue weighted by Crippen LogP contribution is -2.53. The van der Waals surface area contributed by atoms with Gasteiger partial charge in [-0.15, -0.1) is 0 Å². The number of unbranched alkanes of at least 4 members (excludes halogenated alkanes) is 1. The summed E-state index contributed by atoms with van der Waals surface area (Å²) in [7, 11) is 0. The number of rotatable bonds is 5. The molecular weight excluding hydrogens is 270 g/mol. The Labute approximate surface area is 127 Å². The van der Waals surface area contributed by atoms with Crippen LogP contribution in [-0.4, -0.2) is 85.5 Å². The number of carbonyl (C=O) groups is 2. The molecule has 2 amide bonds. The van der Waals surface area contributed by atoms with Crippen LogP contribution in [0.2, 0.25) is 0 Å². The molecular formula is C15H27N3O3. The van der Waals surface area contributed by atoms with Crippen LogP contribution in [0, 0.1) is 0 Å². The van der Waals surface area contributed by atoms with Gasteiger partial charge in [-0.3, -0.25) is 14.5 Å². The monoisotopic (exact) mass is 297 g/mol. The predicted octanol–water partition coefficient (Wildman–Crippen LogP) is 0.180. The number of amides is 2. The third-order valence-electron chi connectivity index (χ3n) is 4.19. The zero-order valence-electron chi connectivity index (χ0n) is 13.1. The van der Waals surface area contributed by atoms with E-state index in [-0.39, 0.29) is 11.8 Å². The third kappa shape index (κ3) is 4.97. The molecule has 2 saturated heterocycles. The van der Waals surface area contributed by atoms with Crippen LogP contribution in [0.3, 0.4) is 0 Å². The number of piperazine rings is 1. The predicted molar refractivity (Wildman–Crippen MR) is 79.9 cm³/mol. The fourth-order valence-electron chi connectivity index (χ4n) is 2.74. The van der Waals surface area contributed by atoms with Gasteiger partial charge in [-0.05, 0) is 6.42 Å². The molecule has 0 atom stereocenters. The second kappa shape index (κ2) is 8.34. The van der Waals surface area contributed by atoms with Crippen molar-refractivity contribution in [2.24, 2.45) is 0 Å². The molecule has 6 heteroatoms. The SMILES string of the molecule is CCCCC(=O)N1CCN(C(=O)CN2CCOCC2)CC1. The summed E-state index contributed by atoms with van der Waals surface area (Å²) < 4.78 is 5.29. The molecule has 0 aliphatic carbocycles. The van der Waals surface area contributed by atoms with Gasteiger partial charge in [0.25, 0.3) is 0 Å². The Morgan fingerprint density at radius 1 is 0.905 bits per heavy atom. The molecule has 0 aromatic heterocycles. The van der Waals surface area contributed by atoms with Crippen molar-refractivity contribution in [2.45, 2.75) is 26.2 Å². The van der Waals surface area contributed by atoms with Gasteiger partial charge in [-0.2, -0.15) is 0 Å². The zero-order valence-corrected chi connectivity index (χ0v) is 13.1. The Morgan fingerprint density at radius 2 is 1.48 bits per heavy atom. The normalized spacial score (nSPS) is 20.6. The van der Waals surface area contributed by atoms with E-state index in [1.165, 1.54) is 0 Å². The van der Waals surface area contributed by atoms with Gasteiger partial charge < -0.3 is 14.5 Å². The van der Waals surface area contributed by atoms with Gasteiger partial charge in [-0.1, -0.05) is 13.3 Å². The van der Waals surface area contributed by atoms with E-state index < -0.39 is 0 Å². The molecule has 0 radical (unpaired) electrons. The Balaban J connectivity index is 1.70. The molecule has 0 spiro atoms. The van der Waals surface area contributed by atoms with Gasteiger partial charge >= 0.3 is 0 Å². The highest BCUT2D eigenvalue weighted by Crippen LogP contribution is 2.07. The minimum absolute atomic E-state index is 0.178. The summed E-state index contributed by atoms with van der Waals surface area (Å²) in [5, 5.41) is 0. The standard InChI is InChI=1S/C15H27N3O3/c1-2-3-4-14(19)17-5-7-18(8-6-17)15(20)13-16-9-11-21-12-10-16/h2-13H2,1H3. The first kappa shape index (κ1) is 16.2. The molecule has 2 heterocycles. The van der Waals surface area contributed by atoms with Crippen LogP contribution in [0.5, 0.6) is 0 Å². The van der Waals surface area contributed by atoms with Crippen molar-refractivity contribution in [1.82, 2.24) is 14.7 Å². The fourth-order valence-corrected chi connectivity index (χ4v) is 2.74. The van der Waals surface area contributed by atoms with E-state index >= 15 is 0 Å². The van der Waals surface area contributed by atoms with E-state index in [0.29, 0.717) is 52.4 Å². The van der Waals surface area contributed by atoms with Crippen molar-refractivity contribution >= 4 is 11.8 Å². The smallest absolute Gasteiger partial charge is 0.236 e. The zero-order chi connectivity index (χ0) is 15.1. The van der Waals surface area contributed by atoms with Crippen LogP contribution in [0.4, 0.5) is 0 Å². The molecule has 0 unspecified atom stereocenters. The summed E-state index contributed by atoms with van der Waals surface area (Å²) >= 11 is 0. The molecule has 2 fully saturated rings. The van der Waals surface area contributed by atoms with Crippen molar-refractivity contribution in [1.29, 1.82) is 0 Å². The molecule has 0 aromatic carbocycles. The number of hydrogen-bond donors (Lipinski definition) is 0. The van der Waals surface area contributed by atoms with Crippen LogP contribution in [0.1, 0.15) is 26.2 Å². The van der Waals surface area contributed by atoms with Crippen LogP contribution < -0.4 is 0 Å². The first-order valence-electron chi connectivity index (χ1n) is 8.06. The van der Waals surface area contributed by atoms with Crippen LogP contribution in [-0.2, 0) is 14.3 Å². The molecule has 6 nitrogen and oxygen atoms in total. The fraction of sp³-hybridized carbons (Fsp3) is 0.867. The lowest BCUT2D eigenvalue weighted by atomic mass is 10.2. The van der Waals surface area contributed by atoms with E-state index in [4.69, 9.17) is 4.74 Å². The lowest BCUT2D eigenvalue weighted by molar-refractivity contribution is -0.140. The number of nitrogens with zero attached hydrogens (tertiary/aromatic N) is 3. The highest BCUT2D eigenvalue weighted by molar-refractivity contribution is 5.79. The molecule has 0 aromatic rings. The quantitative estimate of drug-likeness (QED) is 0.726. The number of morpholine rings is 1. The van der Waals surface area contributed by atoms with E-state index in [9.17, 15) is 9.59 Å². The first-order valence-corrected chi connectivity index (χ1v) is 8.06. The summed E-state index contributed by atoms with van der Waals surface area (Å²) in [6, 6.07) is 0. The van der Waals surface area contributed by atoms with E-state index in [1.54, 1.807) is 0 Å². The average Bonchev–Trinajstić information content (AvgIpc) is 2.53. The second-order valence-corrected chi connectivity index (χ2v) is 5.75. The van der Waals surface area contributed by atoms with Crippen LogP contribution in [0.25, 0.3) is 0 Å². The Bertz CT molecular complexity index is 348. The average molecular weight is 297 g/mol. The summed E-state index contributed by atoms with van der Waals surface area (Å²) in [6.07, 6.45) is 2.64. The van der Waals surface area contributed by atoms with E-state index in [1.807, 2.05) is 9.80 Å². The number of hydrogen-bond acceptors (Lipinski definition) is 4. The van der Waals surface area contributed by atoms with Crippen LogP contribution in [0.15, 0.2) is 0 Å². The van der Waals surface area contributed by atoms with E-state index in [0.717, 1.165) is 25.9 Å². The van der Waals surface area contributed by atoms with Crippen molar-refractivity contribution in [3.63, 3.8) is 0 Å². The highest BCUT2D eigenvalue weighted by Gasteiger charge is 2.25. The molecule has 0 N–H and O–H groups in total. The maximum absolute atomic E-state index is 12.3. The third-order valence-corrected chi connectivity index (χ3v) is 4.19. The highest BCUT2D eigenvalue weighted by atomic mass is 16.5. The molecule has 2 aliphatic heterocycles. The largest absolute Gasteiger partial charge is 0.379 e. The maximum atomic E-state index is 12.3. The minimum Gasteiger partial charge on any atom is -0.379 e. The summed E-state index contributed by atoms with van der Waals surface area (Å²) in [5.74, 6) is 0.412. The van der Waals surface area contributed by atoms with Crippen molar-refractivity contribution in [3.8, 4) is 0 Å². The summed E-state index contributed by atoms with van der Waals surface area (Å²) in [6.45, 7) is 8.36. The molecule has 120 valence electrons. The molecule has 0 saturated carbocycles. The van der Waals surface area contributed by atoms with Gasteiger partial charge in [-0.25, -0.2) is 0 Å². The minimum atomic E-state index is 0.178. The number of carbonyl (C=O) groups excluding carboxylic acids is 2. The maximum Gasteiger partial charge on any atom is 0.236 e. The van der Waals surface area contributed by atoms with Gasteiger partial charge in [0.2, 0.25) is 11.8 Å². The van der Waals surface area contributed by atoms with Gasteiger partial charge in [0.05, 0.1) is 19.8 Å². The van der Waals surface area contributed by atoms with Crippen molar-refractivity contribution < 1.29 is 14.3 Å². The first-order chi connectivity index (χ1) is 10.2. The molecule has 21 heavy (non-hydrogen) atoms. The summed E-state index contributed by atoms with van der Waals surface area (Å²) in [4.78, 5) is 30.1. The molecule has 0 bridgehead atoms. The second-order valence-electron chi connectivity index (χ2n) is 5.75. The van der Waals surface area contributed by atoms with Gasteiger partial charge in [0.1, 0.15) is 0 Å². The number of ether oxygens (including phenoxy) is 1. The topological polar surface area (TPSA) is 53.1 Å². The van der Waals surface area contributed by atoms with Crippen molar-refractivity contribution in [3.05, 3.63) is 0 Å². The van der Waals surface area contributed by atoms with Crippen molar-refractivity contribution in [2.75, 3.05) is 59.0 Å². The van der Waals surface area contributed by atoms with Crippen LogP contribution >= 0.6 is 0 Å². The Kier molecular flexibility index (Phi) is 6.45.